The average molecular weight is 355 g/mol. The zero-order valence-corrected chi connectivity index (χ0v) is 15.6. The summed E-state index contributed by atoms with van der Waals surface area (Å²) in [6.07, 6.45) is 0. The highest BCUT2D eigenvalue weighted by Crippen LogP contribution is 2.22. The number of rotatable bonds is 5. The number of carbonyl (C=O) groups excluding carboxylic acids is 1. The average Bonchev–Trinajstić information content (AvgIpc) is 2.97. The van der Waals surface area contributed by atoms with E-state index in [1.54, 1.807) is 0 Å². The molecular formula is C18H21N5OS. The lowest BCUT2D eigenvalue weighted by Gasteiger charge is -2.26. The van der Waals surface area contributed by atoms with E-state index >= 15 is 0 Å². The molecule has 0 aliphatic rings. The minimum Gasteiger partial charge on any atom is -0.309 e. The summed E-state index contributed by atoms with van der Waals surface area (Å²) in [5.41, 5.74) is 2.56. The molecule has 0 unspecified atom stereocenters. The lowest BCUT2D eigenvalue weighted by Crippen LogP contribution is -2.38. The summed E-state index contributed by atoms with van der Waals surface area (Å²) < 4.78 is 1.88. The predicted octanol–water partition coefficient (Wildman–Crippen LogP) is 3.27. The van der Waals surface area contributed by atoms with Crippen molar-refractivity contribution in [3.05, 3.63) is 47.9 Å². The Kier molecular flexibility index (Phi) is 5.03. The maximum Gasteiger partial charge on any atom is 0.237 e. The molecule has 3 aromatic rings. The molecule has 25 heavy (non-hydrogen) atoms. The molecule has 0 aliphatic carbocycles. The molecule has 1 aromatic carbocycles. The van der Waals surface area contributed by atoms with Crippen molar-refractivity contribution >= 4 is 29.0 Å². The molecule has 2 heterocycles. The van der Waals surface area contributed by atoms with Crippen molar-refractivity contribution in [2.45, 2.75) is 38.9 Å². The highest BCUT2D eigenvalue weighted by molar-refractivity contribution is 7.99. The van der Waals surface area contributed by atoms with E-state index in [2.05, 4.69) is 15.2 Å². The molecule has 0 fully saturated rings. The maximum absolute atomic E-state index is 12.8. The minimum atomic E-state index is 0.0423. The molecule has 1 amide bonds. The zero-order valence-electron chi connectivity index (χ0n) is 14.8. The number of aromatic nitrogens is 4. The Morgan fingerprint density at radius 3 is 2.60 bits per heavy atom. The van der Waals surface area contributed by atoms with Crippen LogP contribution in [-0.4, -0.2) is 37.3 Å². The van der Waals surface area contributed by atoms with Gasteiger partial charge in [-0.2, -0.15) is 0 Å². The van der Waals surface area contributed by atoms with Gasteiger partial charge in [-0.25, -0.2) is 4.98 Å². The van der Waals surface area contributed by atoms with Crippen LogP contribution in [-0.2, 0) is 4.79 Å². The van der Waals surface area contributed by atoms with Gasteiger partial charge in [0.15, 0.2) is 10.8 Å². The van der Waals surface area contributed by atoms with Crippen LogP contribution >= 0.6 is 11.8 Å². The number of hydrogen-bond donors (Lipinski definition) is 0. The van der Waals surface area contributed by atoms with E-state index in [4.69, 9.17) is 0 Å². The molecule has 0 bridgehead atoms. The molecule has 0 radical (unpaired) electrons. The third-order valence-corrected chi connectivity index (χ3v) is 4.72. The lowest BCUT2D eigenvalue weighted by molar-refractivity contribution is -0.116. The van der Waals surface area contributed by atoms with E-state index in [1.807, 2.05) is 73.4 Å². The molecule has 2 aromatic heterocycles. The number of amides is 1. The van der Waals surface area contributed by atoms with Gasteiger partial charge in [0, 0.05) is 23.5 Å². The Balaban J connectivity index is 1.80. The van der Waals surface area contributed by atoms with Crippen molar-refractivity contribution in [1.82, 2.24) is 19.6 Å². The van der Waals surface area contributed by atoms with Crippen molar-refractivity contribution in [3.8, 4) is 0 Å². The Morgan fingerprint density at radius 1 is 1.20 bits per heavy atom. The van der Waals surface area contributed by atoms with Gasteiger partial charge < -0.3 is 4.90 Å². The van der Waals surface area contributed by atoms with Gasteiger partial charge in [-0.1, -0.05) is 30.0 Å². The smallest absolute Gasteiger partial charge is 0.237 e. The third kappa shape index (κ3) is 3.66. The van der Waals surface area contributed by atoms with Crippen LogP contribution in [0.3, 0.4) is 0 Å². The molecule has 0 aliphatic heterocycles. The second-order valence-electron chi connectivity index (χ2n) is 6.10. The standard InChI is InChI=1S/C18H21N5OS/c1-12(2)22(15-8-6-5-7-9-15)17(24)11-25-18-21-20-16-10-13(3)19-14(4)23(16)18/h5-10,12H,11H2,1-4H3. The molecule has 6 nitrogen and oxygen atoms in total. The Hall–Kier alpha value is -2.41. The predicted molar refractivity (Wildman–Crippen MR) is 100 cm³/mol. The van der Waals surface area contributed by atoms with E-state index in [0.29, 0.717) is 10.9 Å². The fraction of sp³-hybridized carbons (Fsp3) is 0.333. The summed E-state index contributed by atoms with van der Waals surface area (Å²) in [6.45, 7) is 7.87. The number of para-hydroxylation sites is 1. The summed E-state index contributed by atoms with van der Waals surface area (Å²) in [4.78, 5) is 19.0. The van der Waals surface area contributed by atoms with E-state index in [9.17, 15) is 4.79 Å². The molecule has 3 rings (SSSR count). The van der Waals surface area contributed by atoms with E-state index in [0.717, 1.165) is 22.9 Å². The van der Waals surface area contributed by atoms with Crippen molar-refractivity contribution in [3.63, 3.8) is 0 Å². The topological polar surface area (TPSA) is 63.4 Å². The Bertz CT molecular complexity index is 891. The number of hydrogen-bond acceptors (Lipinski definition) is 5. The number of thioether (sulfide) groups is 1. The monoisotopic (exact) mass is 355 g/mol. The quantitative estimate of drug-likeness (QED) is 0.657. The fourth-order valence-corrected chi connectivity index (χ4v) is 3.66. The third-order valence-electron chi connectivity index (χ3n) is 3.80. The van der Waals surface area contributed by atoms with Crippen molar-refractivity contribution < 1.29 is 4.79 Å². The molecule has 0 saturated carbocycles. The van der Waals surface area contributed by atoms with Gasteiger partial charge in [-0.05, 0) is 39.8 Å². The van der Waals surface area contributed by atoms with Crippen LogP contribution in [0.5, 0.6) is 0 Å². The molecule has 0 saturated heterocycles. The normalized spacial score (nSPS) is 11.2. The van der Waals surface area contributed by atoms with E-state index in [-0.39, 0.29) is 11.9 Å². The lowest BCUT2D eigenvalue weighted by atomic mass is 10.2. The number of nitrogens with zero attached hydrogens (tertiary/aromatic N) is 5. The molecular weight excluding hydrogens is 334 g/mol. The maximum atomic E-state index is 12.8. The summed E-state index contributed by atoms with van der Waals surface area (Å²) in [6, 6.07) is 11.7. The van der Waals surface area contributed by atoms with Crippen LogP contribution in [0.4, 0.5) is 5.69 Å². The molecule has 130 valence electrons. The largest absolute Gasteiger partial charge is 0.309 e. The first-order valence-electron chi connectivity index (χ1n) is 8.16. The second kappa shape index (κ2) is 7.23. The van der Waals surface area contributed by atoms with Gasteiger partial charge in [0.1, 0.15) is 5.82 Å². The van der Waals surface area contributed by atoms with Crippen molar-refractivity contribution in [1.29, 1.82) is 0 Å². The van der Waals surface area contributed by atoms with Gasteiger partial charge in [-0.15, -0.1) is 10.2 Å². The van der Waals surface area contributed by atoms with Gasteiger partial charge in [0.25, 0.3) is 0 Å². The Morgan fingerprint density at radius 2 is 1.92 bits per heavy atom. The van der Waals surface area contributed by atoms with Crippen molar-refractivity contribution in [2.24, 2.45) is 0 Å². The first kappa shape index (κ1) is 17.4. The highest BCUT2D eigenvalue weighted by Gasteiger charge is 2.20. The zero-order chi connectivity index (χ0) is 18.0. The molecule has 7 heteroatoms. The van der Waals surface area contributed by atoms with Crippen LogP contribution in [0.1, 0.15) is 25.4 Å². The van der Waals surface area contributed by atoms with Gasteiger partial charge in [-0.3, -0.25) is 9.20 Å². The van der Waals surface area contributed by atoms with Crippen LogP contribution in [0, 0.1) is 13.8 Å². The molecule has 0 spiro atoms. The van der Waals surface area contributed by atoms with Crippen LogP contribution < -0.4 is 4.90 Å². The first-order chi connectivity index (χ1) is 12.0. The van der Waals surface area contributed by atoms with Crippen LogP contribution in [0.15, 0.2) is 41.6 Å². The summed E-state index contributed by atoms with van der Waals surface area (Å²) in [5, 5.41) is 9.08. The van der Waals surface area contributed by atoms with Crippen LogP contribution in [0.25, 0.3) is 5.65 Å². The summed E-state index contributed by atoms with van der Waals surface area (Å²) in [5.74, 6) is 1.15. The molecule has 0 N–H and O–H groups in total. The first-order valence-corrected chi connectivity index (χ1v) is 9.15. The Labute approximate surface area is 151 Å². The summed E-state index contributed by atoms with van der Waals surface area (Å²) >= 11 is 1.38. The number of aryl methyl sites for hydroxylation is 2. The number of carbonyl (C=O) groups is 1. The van der Waals surface area contributed by atoms with Gasteiger partial charge in [0.05, 0.1) is 5.75 Å². The minimum absolute atomic E-state index is 0.0423. The highest BCUT2D eigenvalue weighted by atomic mass is 32.2. The SMILES string of the molecule is Cc1cc2nnc(SCC(=O)N(c3ccccc3)C(C)C)n2c(C)n1. The number of anilines is 1. The fourth-order valence-electron chi connectivity index (χ4n) is 2.81. The van der Waals surface area contributed by atoms with E-state index in [1.165, 1.54) is 11.8 Å². The number of benzene rings is 1. The van der Waals surface area contributed by atoms with Crippen molar-refractivity contribution in [2.75, 3.05) is 10.7 Å². The van der Waals surface area contributed by atoms with Gasteiger partial charge in [0.2, 0.25) is 5.91 Å². The van der Waals surface area contributed by atoms with Crippen LogP contribution in [0.2, 0.25) is 0 Å². The molecule has 0 atom stereocenters. The summed E-state index contributed by atoms with van der Waals surface area (Å²) in [7, 11) is 0. The second-order valence-corrected chi connectivity index (χ2v) is 7.05. The number of fused-ring (bicyclic) bond motifs is 1. The van der Waals surface area contributed by atoms with E-state index < -0.39 is 0 Å². The van der Waals surface area contributed by atoms with Gasteiger partial charge >= 0.3 is 0 Å².